The quantitative estimate of drug-likeness (QED) is 0.547. The van der Waals surface area contributed by atoms with E-state index in [2.05, 4.69) is 5.32 Å². The molecule has 0 saturated carbocycles. The molecule has 30 heavy (non-hydrogen) atoms. The Morgan fingerprint density at radius 1 is 1.00 bits per heavy atom. The summed E-state index contributed by atoms with van der Waals surface area (Å²) in [5.41, 5.74) is 2.09. The van der Waals surface area contributed by atoms with Crippen LogP contribution in [0.5, 0.6) is 5.75 Å². The molecular weight excluding hydrogens is 386 g/mol. The molecule has 0 atom stereocenters. The van der Waals surface area contributed by atoms with Crippen molar-refractivity contribution in [3.63, 3.8) is 0 Å². The Morgan fingerprint density at radius 3 is 2.43 bits per heavy atom. The highest BCUT2D eigenvalue weighted by atomic mass is 16.6. The minimum absolute atomic E-state index is 0.124. The topological polar surface area (TPSA) is 91.6 Å². The fourth-order valence-electron chi connectivity index (χ4n) is 3.24. The van der Waals surface area contributed by atoms with Crippen molar-refractivity contribution in [2.24, 2.45) is 0 Å². The van der Waals surface area contributed by atoms with E-state index in [4.69, 9.17) is 9.47 Å². The number of nitrogens with one attached hydrogen (secondary N) is 1. The van der Waals surface area contributed by atoms with E-state index >= 15 is 0 Å². The van der Waals surface area contributed by atoms with Crippen molar-refractivity contribution in [3.8, 4) is 5.75 Å². The van der Waals surface area contributed by atoms with Gasteiger partial charge in [-0.25, -0.2) is 9.59 Å². The number of fused-ring (bicyclic) bond motifs is 1. The summed E-state index contributed by atoms with van der Waals surface area (Å²) in [4.78, 5) is 36.5. The van der Waals surface area contributed by atoms with Crippen LogP contribution >= 0.6 is 0 Å². The highest BCUT2D eigenvalue weighted by Gasteiger charge is 2.13. The second-order valence-electron chi connectivity index (χ2n) is 6.59. The standard InChI is InChI=1S/C22H25N3O5/c1-3-24-18-10-5-6-11-19(18)25(22(24)28)13-12-20(26)23-16-8-7-9-17(14-16)30-15-21(27)29-4-2/h5-11,14H,3-4,12-13,15H2,1-2H3,(H,23,26). The summed E-state index contributed by atoms with van der Waals surface area (Å²) < 4.78 is 13.5. The van der Waals surface area contributed by atoms with Gasteiger partial charge in [0.1, 0.15) is 5.75 Å². The van der Waals surface area contributed by atoms with Gasteiger partial charge in [-0.15, -0.1) is 0 Å². The van der Waals surface area contributed by atoms with Gasteiger partial charge < -0.3 is 14.8 Å². The molecule has 1 N–H and O–H groups in total. The summed E-state index contributed by atoms with van der Waals surface area (Å²) in [6.45, 7) is 4.58. The number of benzene rings is 2. The number of para-hydroxylation sites is 2. The average molecular weight is 411 g/mol. The number of anilines is 1. The zero-order chi connectivity index (χ0) is 21.5. The van der Waals surface area contributed by atoms with Crippen LogP contribution in [0.2, 0.25) is 0 Å². The molecule has 0 aliphatic heterocycles. The third-order valence-electron chi connectivity index (χ3n) is 4.58. The van der Waals surface area contributed by atoms with E-state index in [0.717, 1.165) is 11.0 Å². The Bertz CT molecular complexity index is 1100. The van der Waals surface area contributed by atoms with Crippen LogP contribution in [-0.4, -0.2) is 34.2 Å². The first-order chi connectivity index (χ1) is 14.5. The Hall–Kier alpha value is -3.55. The molecule has 1 heterocycles. The summed E-state index contributed by atoms with van der Waals surface area (Å²) in [6, 6.07) is 14.3. The number of ether oxygens (including phenoxy) is 2. The van der Waals surface area contributed by atoms with Gasteiger partial charge in [-0.3, -0.25) is 13.9 Å². The van der Waals surface area contributed by atoms with Crippen molar-refractivity contribution in [2.45, 2.75) is 33.4 Å². The number of imidazole rings is 1. The lowest BCUT2D eigenvalue weighted by Crippen LogP contribution is -2.25. The molecule has 8 heteroatoms. The lowest BCUT2D eigenvalue weighted by Gasteiger charge is -2.09. The van der Waals surface area contributed by atoms with Crippen LogP contribution in [0.15, 0.2) is 53.3 Å². The molecule has 0 unspecified atom stereocenters. The maximum atomic E-state index is 12.6. The van der Waals surface area contributed by atoms with Gasteiger partial charge in [-0.05, 0) is 38.1 Å². The third kappa shape index (κ3) is 4.89. The Labute approximate surface area is 174 Å². The zero-order valence-electron chi connectivity index (χ0n) is 17.1. The number of carbonyl (C=O) groups is 2. The molecule has 2 aromatic carbocycles. The van der Waals surface area contributed by atoms with E-state index < -0.39 is 5.97 Å². The lowest BCUT2D eigenvalue weighted by molar-refractivity contribution is -0.145. The van der Waals surface area contributed by atoms with Crippen molar-refractivity contribution < 1.29 is 19.1 Å². The van der Waals surface area contributed by atoms with Crippen LogP contribution < -0.4 is 15.7 Å². The molecule has 1 amide bonds. The third-order valence-corrected chi connectivity index (χ3v) is 4.58. The van der Waals surface area contributed by atoms with Crippen molar-refractivity contribution in [1.29, 1.82) is 0 Å². The van der Waals surface area contributed by atoms with Crippen LogP contribution in [0.3, 0.4) is 0 Å². The van der Waals surface area contributed by atoms with Crippen molar-refractivity contribution in [1.82, 2.24) is 9.13 Å². The molecule has 0 radical (unpaired) electrons. The second kappa shape index (κ2) is 9.78. The fraction of sp³-hybridized carbons (Fsp3) is 0.318. The molecule has 8 nitrogen and oxygen atoms in total. The minimum Gasteiger partial charge on any atom is -0.482 e. The first kappa shape index (κ1) is 21.2. The molecule has 3 rings (SSSR count). The monoisotopic (exact) mass is 411 g/mol. The van der Waals surface area contributed by atoms with Gasteiger partial charge in [0.2, 0.25) is 5.91 Å². The molecule has 158 valence electrons. The summed E-state index contributed by atoms with van der Waals surface area (Å²) >= 11 is 0. The molecule has 0 spiro atoms. The molecular formula is C22H25N3O5. The number of nitrogens with zero attached hydrogens (tertiary/aromatic N) is 2. The zero-order valence-corrected chi connectivity index (χ0v) is 17.1. The van der Waals surface area contributed by atoms with Crippen LogP contribution in [0.4, 0.5) is 5.69 Å². The summed E-state index contributed by atoms with van der Waals surface area (Å²) in [6.07, 6.45) is 0.144. The Morgan fingerprint density at radius 2 is 1.73 bits per heavy atom. The molecule has 0 bridgehead atoms. The van der Waals surface area contributed by atoms with Gasteiger partial charge in [0.15, 0.2) is 6.61 Å². The predicted octanol–water partition coefficient (Wildman–Crippen LogP) is 2.79. The molecule has 1 aromatic heterocycles. The van der Waals surface area contributed by atoms with E-state index in [1.165, 1.54) is 0 Å². The largest absolute Gasteiger partial charge is 0.482 e. The van der Waals surface area contributed by atoms with Crippen LogP contribution in [0.25, 0.3) is 11.0 Å². The molecule has 0 aliphatic rings. The van der Waals surface area contributed by atoms with Gasteiger partial charge in [0.05, 0.1) is 17.6 Å². The van der Waals surface area contributed by atoms with Crippen molar-refractivity contribution in [3.05, 3.63) is 59.0 Å². The van der Waals surface area contributed by atoms with E-state index in [9.17, 15) is 14.4 Å². The minimum atomic E-state index is -0.455. The van der Waals surface area contributed by atoms with E-state index in [1.54, 1.807) is 40.3 Å². The number of hydrogen-bond donors (Lipinski definition) is 1. The number of amides is 1. The maximum absolute atomic E-state index is 12.6. The number of esters is 1. The number of rotatable bonds is 9. The molecule has 0 aliphatic carbocycles. The summed E-state index contributed by atoms with van der Waals surface area (Å²) in [7, 11) is 0. The molecule has 3 aromatic rings. The summed E-state index contributed by atoms with van der Waals surface area (Å²) in [5.74, 6) is -0.232. The smallest absolute Gasteiger partial charge is 0.344 e. The number of carbonyl (C=O) groups excluding carboxylic acids is 2. The Balaban J connectivity index is 1.63. The Kier molecular flexibility index (Phi) is 6.90. The maximum Gasteiger partial charge on any atom is 0.344 e. The molecule has 0 saturated heterocycles. The van der Waals surface area contributed by atoms with Gasteiger partial charge in [-0.1, -0.05) is 18.2 Å². The van der Waals surface area contributed by atoms with Gasteiger partial charge >= 0.3 is 11.7 Å². The first-order valence-electron chi connectivity index (χ1n) is 9.89. The first-order valence-corrected chi connectivity index (χ1v) is 9.89. The van der Waals surface area contributed by atoms with Crippen molar-refractivity contribution >= 4 is 28.6 Å². The van der Waals surface area contributed by atoms with Crippen LogP contribution in [0.1, 0.15) is 20.3 Å². The highest BCUT2D eigenvalue weighted by Crippen LogP contribution is 2.18. The fourth-order valence-corrected chi connectivity index (χ4v) is 3.24. The summed E-state index contributed by atoms with van der Waals surface area (Å²) in [5, 5.41) is 2.80. The number of hydrogen-bond acceptors (Lipinski definition) is 5. The van der Waals surface area contributed by atoms with Gasteiger partial charge in [0.25, 0.3) is 0 Å². The normalized spacial score (nSPS) is 10.7. The van der Waals surface area contributed by atoms with E-state index in [0.29, 0.717) is 18.0 Å². The highest BCUT2D eigenvalue weighted by molar-refractivity contribution is 5.91. The van der Waals surface area contributed by atoms with E-state index in [1.807, 2.05) is 31.2 Å². The SMILES string of the molecule is CCOC(=O)COc1cccc(NC(=O)CCn2c(=O)n(CC)c3ccccc32)c1. The average Bonchev–Trinajstić information content (AvgIpc) is 3.02. The van der Waals surface area contributed by atoms with Crippen LogP contribution in [0, 0.1) is 0 Å². The van der Waals surface area contributed by atoms with Crippen LogP contribution in [-0.2, 0) is 27.4 Å². The van der Waals surface area contributed by atoms with Gasteiger partial charge in [0, 0.05) is 31.3 Å². The lowest BCUT2D eigenvalue weighted by atomic mass is 10.2. The van der Waals surface area contributed by atoms with Crippen molar-refractivity contribution in [2.75, 3.05) is 18.5 Å². The number of aryl methyl sites for hydroxylation is 2. The number of aromatic nitrogens is 2. The molecule has 0 fully saturated rings. The predicted molar refractivity (Wildman–Crippen MR) is 114 cm³/mol. The van der Waals surface area contributed by atoms with Gasteiger partial charge in [-0.2, -0.15) is 0 Å². The second-order valence-corrected chi connectivity index (χ2v) is 6.59. The van der Waals surface area contributed by atoms with E-state index in [-0.39, 0.29) is 37.8 Å².